The van der Waals surface area contributed by atoms with Crippen LogP contribution in [0.4, 0.5) is 0 Å². The molecule has 0 aliphatic rings. The van der Waals surface area contributed by atoms with Gasteiger partial charge in [0.1, 0.15) is 0 Å². The SMILES string of the molecule is CC(C)C(CCC(C)(C)C)C(=O)OCC(CO)CO. The van der Waals surface area contributed by atoms with Crippen LogP contribution in [0.5, 0.6) is 0 Å². The van der Waals surface area contributed by atoms with Crippen LogP contribution in [0.1, 0.15) is 47.5 Å². The van der Waals surface area contributed by atoms with Crippen molar-refractivity contribution < 1.29 is 19.7 Å². The lowest BCUT2D eigenvalue weighted by Crippen LogP contribution is -2.28. The fourth-order valence-electron chi connectivity index (χ4n) is 1.78. The van der Waals surface area contributed by atoms with Crippen molar-refractivity contribution in [3.63, 3.8) is 0 Å². The lowest BCUT2D eigenvalue weighted by molar-refractivity contribution is -0.152. The summed E-state index contributed by atoms with van der Waals surface area (Å²) in [4.78, 5) is 12.1. The molecule has 0 radical (unpaired) electrons. The van der Waals surface area contributed by atoms with Crippen molar-refractivity contribution in [3.05, 3.63) is 0 Å². The van der Waals surface area contributed by atoms with Gasteiger partial charge in [-0.15, -0.1) is 0 Å². The summed E-state index contributed by atoms with van der Waals surface area (Å²) < 4.78 is 5.22. The highest BCUT2D eigenvalue weighted by Crippen LogP contribution is 2.27. The minimum Gasteiger partial charge on any atom is -0.465 e. The van der Waals surface area contributed by atoms with Gasteiger partial charge >= 0.3 is 5.97 Å². The van der Waals surface area contributed by atoms with Crippen LogP contribution in [-0.4, -0.2) is 36.0 Å². The molecule has 1 atom stereocenters. The number of hydrogen-bond donors (Lipinski definition) is 2. The molecule has 4 nitrogen and oxygen atoms in total. The zero-order valence-electron chi connectivity index (χ0n) is 13.0. The summed E-state index contributed by atoms with van der Waals surface area (Å²) in [6, 6.07) is 0. The molecule has 0 saturated carbocycles. The second kappa shape index (κ2) is 8.54. The summed E-state index contributed by atoms with van der Waals surface area (Å²) in [5, 5.41) is 17.9. The van der Waals surface area contributed by atoms with Crippen LogP contribution in [-0.2, 0) is 9.53 Å². The van der Waals surface area contributed by atoms with Crippen molar-refractivity contribution in [1.82, 2.24) is 0 Å². The van der Waals surface area contributed by atoms with Crippen LogP contribution >= 0.6 is 0 Å². The van der Waals surface area contributed by atoms with Gasteiger partial charge in [0.15, 0.2) is 0 Å². The Labute approximate surface area is 117 Å². The Kier molecular flexibility index (Phi) is 8.26. The van der Waals surface area contributed by atoms with Crippen molar-refractivity contribution in [2.45, 2.75) is 47.5 Å². The molecule has 0 spiro atoms. The van der Waals surface area contributed by atoms with Crippen molar-refractivity contribution in [2.24, 2.45) is 23.2 Å². The maximum atomic E-state index is 12.1. The van der Waals surface area contributed by atoms with E-state index in [9.17, 15) is 4.79 Å². The lowest BCUT2D eigenvalue weighted by Gasteiger charge is -2.25. The van der Waals surface area contributed by atoms with E-state index < -0.39 is 0 Å². The third-order valence-corrected chi connectivity index (χ3v) is 3.29. The molecule has 4 heteroatoms. The molecule has 19 heavy (non-hydrogen) atoms. The third kappa shape index (κ3) is 8.22. The Hall–Kier alpha value is -0.610. The Balaban J connectivity index is 4.34. The average Bonchev–Trinajstić information content (AvgIpc) is 2.28. The van der Waals surface area contributed by atoms with Gasteiger partial charge in [-0.25, -0.2) is 0 Å². The lowest BCUT2D eigenvalue weighted by atomic mass is 9.83. The van der Waals surface area contributed by atoms with Gasteiger partial charge in [0.05, 0.1) is 25.7 Å². The molecule has 0 bridgehead atoms. The largest absolute Gasteiger partial charge is 0.465 e. The molecule has 0 fully saturated rings. The molecule has 0 saturated heterocycles. The first-order chi connectivity index (χ1) is 8.71. The number of aliphatic hydroxyl groups is 2. The molecule has 0 aromatic carbocycles. The molecule has 0 aliphatic carbocycles. The minimum atomic E-state index is -0.376. The number of ether oxygens (including phenoxy) is 1. The van der Waals surface area contributed by atoms with Crippen molar-refractivity contribution >= 4 is 5.97 Å². The molecule has 2 N–H and O–H groups in total. The van der Waals surface area contributed by atoms with E-state index >= 15 is 0 Å². The van der Waals surface area contributed by atoms with Crippen molar-refractivity contribution in [2.75, 3.05) is 19.8 Å². The number of rotatable bonds is 8. The fraction of sp³-hybridized carbons (Fsp3) is 0.933. The number of hydrogen-bond acceptors (Lipinski definition) is 4. The summed E-state index contributed by atoms with van der Waals surface area (Å²) in [6.45, 7) is 10.3. The van der Waals surface area contributed by atoms with Crippen LogP contribution in [0.25, 0.3) is 0 Å². The van der Waals surface area contributed by atoms with E-state index in [4.69, 9.17) is 14.9 Å². The highest BCUT2D eigenvalue weighted by Gasteiger charge is 2.26. The van der Waals surface area contributed by atoms with Gasteiger partial charge in [-0.1, -0.05) is 34.6 Å². The first-order valence-electron chi connectivity index (χ1n) is 7.09. The zero-order chi connectivity index (χ0) is 15.1. The topological polar surface area (TPSA) is 66.8 Å². The van der Waals surface area contributed by atoms with Crippen LogP contribution in [0.15, 0.2) is 0 Å². The summed E-state index contributed by atoms with van der Waals surface area (Å²) in [5.41, 5.74) is 0.201. The maximum absolute atomic E-state index is 12.1. The molecule has 0 rings (SSSR count). The van der Waals surface area contributed by atoms with Gasteiger partial charge in [0.25, 0.3) is 0 Å². The Morgan fingerprint density at radius 1 is 1.16 bits per heavy atom. The van der Waals surface area contributed by atoms with Crippen molar-refractivity contribution in [1.29, 1.82) is 0 Å². The van der Waals surface area contributed by atoms with Gasteiger partial charge in [-0.3, -0.25) is 4.79 Å². The van der Waals surface area contributed by atoms with Gasteiger partial charge in [0.2, 0.25) is 0 Å². The summed E-state index contributed by atoms with van der Waals surface area (Å²) >= 11 is 0. The quantitative estimate of drug-likeness (QED) is 0.666. The Morgan fingerprint density at radius 3 is 2.05 bits per heavy atom. The highest BCUT2D eigenvalue weighted by atomic mass is 16.5. The Bertz CT molecular complexity index is 251. The first-order valence-corrected chi connectivity index (χ1v) is 7.09. The Morgan fingerprint density at radius 2 is 1.68 bits per heavy atom. The highest BCUT2D eigenvalue weighted by molar-refractivity contribution is 5.72. The second-order valence-corrected chi connectivity index (χ2v) is 6.81. The van der Waals surface area contributed by atoms with E-state index in [0.29, 0.717) is 0 Å². The van der Waals surface area contributed by atoms with E-state index in [2.05, 4.69) is 20.8 Å². The van der Waals surface area contributed by atoms with E-state index in [1.54, 1.807) is 0 Å². The third-order valence-electron chi connectivity index (χ3n) is 3.29. The fourth-order valence-corrected chi connectivity index (χ4v) is 1.78. The summed E-state index contributed by atoms with van der Waals surface area (Å²) in [5.74, 6) is -0.473. The second-order valence-electron chi connectivity index (χ2n) is 6.81. The molecule has 0 heterocycles. The number of esters is 1. The smallest absolute Gasteiger partial charge is 0.309 e. The van der Waals surface area contributed by atoms with Crippen LogP contribution in [0.2, 0.25) is 0 Å². The number of aliphatic hydroxyl groups excluding tert-OH is 2. The maximum Gasteiger partial charge on any atom is 0.309 e. The first kappa shape index (κ1) is 18.4. The predicted molar refractivity (Wildman–Crippen MR) is 75.6 cm³/mol. The van der Waals surface area contributed by atoms with Crippen LogP contribution < -0.4 is 0 Å². The predicted octanol–water partition coefficient (Wildman–Crippen LogP) is 2.23. The monoisotopic (exact) mass is 274 g/mol. The molecule has 0 amide bonds. The summed E-state index contributed by atoms with van der Waals surface area (Å²) in [7, 11) is 0. The molecule has 0 aromatic rings. The van der Waals surface area contributed by atoms with Gasteiger partial charge < -0.3 is 14.9 Å². The normalized spacial score (nSPS) is 13.9. The van der Waals surface area contributed by atoms with Gasteiger partial charge in [0, 0.05) is 5.92 Å². The molecule has 0 aromatic heterocycles. The van der Waals surface area contributed by atoms with Gasteiger partial charge in [-0.2, -0.15) is 0 Å². The van der Waals surface area contributed by atoms with Crippen LogP contribution in [0, 0.1) is 23.2 Å². The minimum absolute atomic E-state index is 0.0879. The number of carbonyl (C=O) groups is 1. The average molecular weight is 274 g/mol. The van der Waals surface area contributed by atoms with Gasteiger partial charge in [-0.05, 0) is 24.2 Å². The molecule has 1 unspecified atom stereocenters. The van der Waals surface area contributed by atoms with E-state index in [0.717, 1.165) is 12.8 Å². The molecular formula is C15H30O4. The molecule has 0 aliphatic heterocycles. The number of carbonyl (C=O) groups excluding carboxylic acids is 1. The van der Waals surface area contributed by atoms with Crippen LogP contribution in [0.3, 0.4) is 0 Å². The summed E-state index contributed by atoms with van der Waals surface area (Å²) in [6.07, 6.45) is 1.78. The van der Waals surface area contributed by atoms with E-state index in [1.165, 1.54) is 0 Å². The molecular weight excluding hydrogens is 244 g/mol. The van der Waals surface area contributed by atoms with Crippen molar-refractivity contribution in [3.8, 4) is 0 Å². The van der Waals surface area contributed by atoms with E-state index in [1.807, 2.05) is 13.8 Å². The molecule has 114 valence electrons. The zero-order valence-corrected chi connectivity index (χ0v) is 13.0. The van der Waals surface area contributed by atoms with E-state index in [-0.39, 0.29) is 49.0 Å². The standard InChI is InChI=1S/C15H30O4/c1-11(2)13(6-7-15(3,4)5)14(18)19-10-12(8-16)9-17/h11-13,16-17H,6-10H2,1-5H3.